The van der Waals surface area contributed by atoms with E-state index in [4.69, 9.17) is 27.9 Å². The first-order valence-corrected chi connectivity index (χ1v) is 16.1. The number of amides is 4. The summed E-state index contributed by atoms with van der Waals surface area (Å²) < 4.78 is 19.4. The fraction of sp³-hybridized carbons (Fsp3) is 0.294. The summed E-state index contributed by atoms with van der Waals surface area (Å²) in [7, 11) is -1.82. The molecule has 3 aromatic carbocycles. The predicted molar refractivity (Wildman–Crippen MR) is 174 cm³/mol. The number of anilines is 2. The molecule has 0 bridgehead atoms. The van der Waals surface area contributed by atoms with Gasteiger partial charge in [-0.25, -0.2) is 9.29 Å². The highest BCUT2D eigenvalue weighted by molar-refractivity contribution is 6.59. The monoisotopic (exact) mass is 692 g/mol. The van der Waals surface area contributed by atoms with Crippen LogP contribution in [-0.4, -0.2) is 68.9 Å². The number of carbonyl (C=O) groups excluding carboxylic acids is 4. The summed E-state index contributed by atoms with van der Waals surface area (Å²) in [6.45, 7) is -0.152. The molecule has 3 aromatic rings. The van der Waals surface area contributed by atoms with Gasteiger partial charge in [0, 0.05) is 5.92 Å². The topological polar surface area (TPSA) is 145 Å². The van der Waals surface area contributed by atoms with Crippen molar-refractivity contribution < 1.29 is 43.5 Å². The van der Waals surface area contributed by atoms with Crippen LogP contribution in [0.25, 0.3) is 0 Å². The lowest BCUT2D eigenvalue weighted by Crippen LogP contribution is -2.60. The molecule has 3 N–H and O–H groups in total. The summed E-state index contributed by atoms with van der Waals surface area (Å²) in [6, 6.07) is 17.2. The third kappa shape index (κ3) is 4.65. The molecular formula is C34H28BCl2FN2O8. The van der Waals surface area contributed by atoms with Crippen molar-refractivity contribution in [1.29, 1.82) is 0 Å². The molecule has 48 heavy (non-hydrogen) atoms. The van der Waals surface area contributed by atoms with Crippen LogP contribution in [0.15, 0.2) is 84.4 Å². The van der Waals surface area contributed by atoms with E-state index in [1.54, 1.807) is 30.3 Å². The van der Waals surface area contributed by atoms with E-state index in [2.05, 4.69) is 0 Å². The molecule has 2 heterocycles. The van der Waals surface area contributed by atoms with Crippen molar-refractivity contribution in [3.63, 3.8) is 0 Å². The molecule has 3 fully saturated rings. The molecular weight excluding hydrogens is 665 g/mol. The smallest absolute Gasteiger partial charge is 0.488 e. The zero-order valence-electron chi connectivity index (χ0n) is 25.1. The van der Waals surface area contributed by atoms with Gasteiger partial charge in [-0.1, -0.05) is 35.9 Å². The van der Waals surface area contributed by atoms with Crippen LogP contribution in [0.1, 0.15) is 24.3 Å². The van der Waals surface area contributed by atoms with Crippen LogP contribution >= 0.6 is 23.2 Å². The number of nitrogens with zero attached hydrogens (tertiary/aromatic N) is 2. The second kappa shape index (κ2) is 11.8. The molecule has 0 aromatic heterocycles. The van der Waals surface area contributed by atoms with Crippen molar-refractivity contribution in [2.24, 2.45) is 17.8 Å². The van der Waals surface area contributed by atoms with Gasteiger partial charge in [0.15, 0.2) is 9.75 Å². The number of allylic oxidation sites excluding steroid dienone is 2. The molecule has 0 spiro atoms. The van der Waals surface area contributed by atoms with Gasteiger partial charge in [-0.15, -0.1) is 23.2 Å². The molecule has 2 aliphatic heterocycles. The lowest BCUT2D eigenvalue weighted by atomic mass is 9.56. The molecule has 14 heteroatoms. The summed E-state index contributed by atoms with van der Waals surface area (Å²) in [6.07, 6.45) is 1.69. The lowest BCUT2D eigenvalue weighted by molar-refractivity contribution is -0.125. The normalized spacial score (nSPS) is 29.4. The third-order valence-electron chi connectivity index (χ3n) is 9.90. The second-order valence-corrected chi connectivity index (χ2v) is 13.6. The van der Waals surface area contributed by atoms with Gasteiger partial charge in [-0.05, 0) is 78.3 Å². The molecule has 7 rings (SSSR count). The maximum absolute atomic E-state index is 14.4. The largest absolute Gasteiger partial charge is 0.491 e. The Morgan fingerprint density at radius 2 is 1.58 bits per heavy atom. The number of alkyl halides is 2. The number of fused-ring (bicyclic) bond motifs is 4. The SMILES string of the molecule is O=C1C2CC=C3C(CC4(Cl)C(=O)N(c5ccc(F)cc5)C(=O)C4(Cl)C3c3ccc(OCCO)cc3)C2C(=O)N1c1cccc(B(O)O)c1. The highest BCUT2D eigenvalue weighted by Crippen LogP contribution is 2.66. The fourth-order valence-electron chi connectivity index (χ4n) is 7.77. The lowest BCUT2D eigenvalue weighted by Gasteiger charge is -2.50. The standard InChI is InChI=1S/C34H28BCl2FN2O8/c36-33-17-26-24(12-13-25-27(26)30(43)39(29(25)42)22-3-1-2-19(16-22)35(46)47)28(18-4-10-23(11-5-18)48-15-14-41)34(33,37)32(45)40(31(33)44)21-8-6-20(38)7-9-21/h1-12,16,25-28,41,46-47H,13-15,17H2. The number of rotatable bonds is 7. The average molecular weight is 693 g/mol. The first-order chi connectivity index (χ1) is 22.9. The number of carbonyl (C=O) groups is 4. The van der Waals surface area contributed by atoms with Gasteiger partial charge >= 0.3 is 7.12 Å². The predicted octanol–water partition coefficient (Wildman–Crippen LogP) is 2.64. The molecule has 4 aliphatic rings. The van der Waals surface area contributed by atoms with Gasteiger partial charge < -0.3 is 19.9 Å². The maximum atomic E-state index is 14.4. The fourth-order valence-corrected chi connectivity index (χ4v) is 8.71. The number of hydrogen-bond acceptors (Lipinski definition) is 8. The minimum absolute atomic E-state index is 0.0513. The molecule has 6 unspecified atom stereocenters. The van der Waals surface area contributed by atoms with Crippen LogP contribution in [0.2, 0.25) is 0 Å². The maximum Gasteiger partial charge on any atom is 0.488 e. The van der Waals surface area contributed by atoms with Crippen molar-refractivity contribution in [3.8, 4) is 5.75 Å². The van der Waals surface area contributed by atoms with E-state index in [9.17, 15) is 38.7 Å². The molecule has 0 radical (unpaired) electrons. The van der Waals surface area contributed by atoms with Gasteiger partial charge in [0.2, 0.25) is 11.8 Å². The van der Waals surface area contributed by atoms with Crippen LogP contribution in [0.5, 0.6) is 5.75 Å². The quantitative estimate of drug-likeness (QED) is 0.148. The molecule has 1 saturated carbocycles. The first-order valence-electron chi connectivity index (χ1n) is 15.3. The van der Waals surface area contributed by atoms with Crippen LogP contribution in [0, 0.1) is 23.6 Å². The molecule has 2 aliphatic carbocycles. The van der Waals surface area contributed by atoms with Crippen molar-refractivity contribution >= 4 is 70.8 Å². The minimum Gasteiger partial charge on any atom is -0.491 e. The molecule has 4 amide bonds. The minimum atomic E-state index is -2.09. The van der Waals surface area contributed by atoms with E-state index in [-0.39, 0.29) is 42.9 Å². The highest BCUT2D eigenvalue weighted by Gasteiger charge is 2.76. The van der Waals surface area contributed by atoms with Gasteiger partial charge in [-0.3, -0.25) is 24.1 Å². The number of aliphatic hydroxyl groups is 1. The Labute approximate surface area is 284 Å². The number of hydrogen-bond donors (Lipinski definition) is 3. The summed E-state index contributed by atoms with van der Waals surface area (Å²) in [5.41, 5.74) is 1.41. The zero-order valence-corrected chi connectivity index (χ0v) is 26.6. The Morgan fingerprint density at radius 1 is 0.875 bits per heavy atom. The zero-order chi connectivity index (χ0) is 34.1. The number of benzene rings is 3. The molecule has 2 saturated heterocycles. The van der Waals surface area contributed by atoms with Gasteiger partial charge in [-0.2, -0.15) is 0 Å². The Balaban J connectivity index is 1.35. The molecule has 246 valence electrons. The summed E-state index contributed by atoms with van der Waals surface area (Å²) in [5.74, 6) is -6.42. The van der Waals surface area contributed by atoms with Gasteiger partial charge in [0.05, 0.1) is 29.8 Å². The summed E-state index contributed by atoms with van der Waals surface area (Å²) in [4.78, 5) is 54.6. The number of halogens is 3. The average Bonchev–Trinajstić information content (AvgIpc) is 3.42. The van der Waals surface area contributed by atoms with Crippen molar-refractivity contribution in [3.05, 3.63) is 95.8 Å². The molecule has 6 atom stereocenters. The van der Waals surface area contributed by atoms with Crippen LogP contribution in [-0.2, 0) is 19.2 Å². The highest BCUT2D eigenvalue weighted by atomic mass is 35.5. The second-order valence-electron chi connectivity index (χ2n) is 12.4. The van der Waals surface area contributed by atoms with E-state index >= 15 is 0 Å². The first kappa shape index (κ1) is 32.5. The van der Waals surface area contributed by atoms with Gasteiger partial charge in [0.1, 0.15) is 18.2 Å². The van der Waals surface area contributed by atoms with E-state index < -0.39 is 70.0 Å². The van der Waals surface area contributed by atoms with Gasteiger partial charge in [0.25, 0.3) is 11.8 Å². The van der Waals surface area contributed by atoms with E-state index in [1.807, 2.05) is 0 Å². The number of aliphatic hydroxyl groups excluding tert-OH is 1. The number of imide groups is 2. The summed E-state index contributed by atoms with van der Waals surface area (Å²) in [5, 5.41) is 28.6. The molecule has 10 nitrogen and oxygen atoms in total. The Morgan fingerprint density at radius 3 is 2.25 bits per heavy atom. The Kier molecular flexibility index (Phi) is 8.00. The Hall–Kier alpha value is -4.07. The van der Waals surface area contributed by atoms with Crippen LogP contribution in [0.4, 0.5) is 15.8 Å². The number of ether oxygens (including phenoxy) is 1. The van der Waals surface area contributed by atoms with Crippen molar-refractivity contribution in [2.75, 3.05) is 23.0 Å². The summed E-state index contributed by atoms with van der Waals surface area (Å²) >= 11 is 14.7. The van der Waals surface area contributed by atoms with Crippen LogP contribution < -0.4 is 20.0 Å². The van der Waals surface area contributed by atoms with Crippen LogP contribution in [0.3, 0.4) is 0 Å². The van der Waals surface area contributed by atoms with Crippen molar-refractivity contribution in [2.45, 2.75) is 28.5 Å². The Bertz CT molecular complexity index is 1880. The van der Waals surface area contributed by atoms with E-state index in [0.717, 1.165) is 21.9 Å². The third-order valence-corrected chi connectivity index (χ3v) is 11.3. The van der Waals surface area contributed by atoms with Crippen molar-refractivity contribution in [1.82, 2.24) is 0 Å². The van der Waals surface area contributed by atoms with E-state index in [0.29, 0.717) is 16.9 Å². The van der Waals surface area contributed by atoms with E-state index in [1.165, 1.54) is 36.4 Å².